The van der Waals surface area contributed by atoms with E-state index >= 15 is 0 Å². The first kappa shape index (κ1) is 11.5. The number of nitrogens with two attached hydrogens (primary N) is 1. The van der Waals surface area contributed by atoms with Crippen LogP contribution >= 0.6 is 12.4 Å². The van der Waals surface area contributed by atoms with E-state index < -0.39 is 0 Å². The molecule has 2 N–H and O–H groups in total. The smallest absolute Gasteiger partial charge is 0.0338 e. The Kier molecular flexibility index (Phi) is 4.36. The molecule has 3 heteroatoms. The number of hydrogen-bond acceptors (Lipinski definition) is 2. The molecule has 2 rings (SSSR count). The Bertz CT molecular complexity index is 257. The Morgan fingerprint density at radius 2 is 2.07 bits per heavy atom. The van der Waals surface area contributed by atoms with Gasteiger partial charge in [0.2, 0.25) is 0 Å². The molecular weight excluding hydrogens is 196 g/mol. The van der Waals surface area contributed by atoms with Crippen molar-refractivity contribution in [1.82, 2.24) is 4.98 Å². The highest BCUT2D eigenvalue weighted by atomic mass is 35.5. The molecule has 0 aromatic carbocycles. The monoisotopic (exact) mass is 212 g/mol. The van der Waals surface area contributed by atoms with Gasteiger partial charge in [0.15, 0.2) is 0 Å². The third kappa shape index (κ3) is 2.46. The van der Waals surface area contributed by atoms with Gasteiger partial charge in [-0.15, -0.1) is 12.4 Å². The first-order chi connectivity index (χ1) is 6.38. The number of pyridine rings is 1. The van der Waals surface area contributed by atoms with Gasteiger partial charge in [-0.2, -0.15) is 0 Å². The topological polar surface area (TPSA) is 38.9 Å². The summed E-state index contributed by atoms with van der Waals surface area (Å²) in [7, 11) is 0. The van der Waals surface area contributed by atoms with E-state index in [0.29, 0.717) is 5.92 Å². The molecular formula is C11H17ClN2. The minimum Gasteiger partial charge on any atom is -0.324 e. The highest BCUT2D eigenvalue weighted by Gasteiger charge is 2.22. The van der Waals surface area contributed by atoms with Gasteiger partial charge in [0, 0.05) is 18.4 Å². The van der Waals surface area contributed by atoms with Crippen LogP contribution in [-0.2, 0) is 0 Å². The van der Waals surface area contributed by atoms with Crippen molar-refractivity contribution in [1.29, 1.82) is 0 Å². The summed E-state index contributed by atoms with van der Waals surface area (Å²) in [4.78, 5) is 4.10. The molecule has 1 unspecified atom stereocenters. The van der Waals surface area contributed by atoms with Gasteiger partial charge < -0.3 is 5.73 Å². The van der Waals surface area contributed by atoms with Gasteiger partial charge in [-0.25, -0.2) is 0 Å². The summed E-state index contributed by atoms with van der Waals surface area (Å²) in [6.45, 7) is 0. The van der Waals surface area contributed by atoms with Crippen LogP contribution in [0, 0.1) is 5.92 Å². The largest absolute Gasteiger partial charge is 0.324 e. The van der Waals surface area contributed by atoms with Gasteiger partial charge in [-0.1, -0.05) is 18.9 Å². The lowest BCUT2D eigenvalue weighted by Gasteiger charge is -2.18. The number of nitrogens with zero attached hydrogens (tertiary/aromatic N) is 1. The van der Waals surface area contributed by atoms with Crippen molar-refractivity contribution in [3.63, 3.8) is 0 Å². The molecule has 0 radical (unpaired) electrons. The predicted molar refractivity (Wildman–Crippen MR) is 60.4 cm³/mol. The van der Waals surface area contributed by atoms with Crippen LogP contribution in [0.5, 0.6) is 0 Å². The number of rotatable bonds is 2. The minimum absolute atomic E-state index is 0. The lowest BCUT2D eigenvalue weighted by Crippen LogP contribution is -2.19. The van der Waals surface area contributed by atoms with E-state index in [4.69, 9.17) is 5.73 Å². The first-order valence-electron chi connectivity index (χ1n) is 5.03. The predicted octanol–water partition coefficient (Wildman–Crippen LogP) is 2.69. The van der Waals surface area contributed by atoms with E-state index in [2.05, 4.69) is 11.1 Å². The molecule has 1 aromatic heterocycles. The molecule has 0 aliphatic heterocycles. The molecule has 1 heterocycles. The average molecular weight is 213 g/mol. The Morgan fingerprint density at radius 3 is 2.64 bits per heavy atom. The first-order valence-corrected chi connectivity index (χ1v) is 5.03. The van der Waals surface area contributed by atoms with E-state index in [0.717, 1.165) is 0 Å². The van der Waals surface area contributed by atoms with Gasteiger partial charge in [-0.05, 0) is 30.4 Å². The maximum Gasteiger partial charge on any atom is 0.0338 e. The second-order valence-corrected chi connectivity index (χ2v) is 3.86. The van der Waals surface area contributed by atoms with Crippen LogP contribution in [-0.4, -0.2) is 4.98 Å². The van der Waals surface area contributed by atoms with Crippen LogP contribution in [0.3, 0.4) is 0 Å². The van der Waals surface area contributed by atoms with Gasteiger partial charge >= 0.3 is 0 Å². The van der Waals surface area contributed by atoms with Crippen LogP contribution in [0.4, 0.5) is 0 Å². The Morgan fingerprint density at radius 1 is 1.36 bits per heavy atom. The normalized spacial score (nSPS) is 18.9. The molecule has 0 bridgehead atoms. The van der Waals surface area contributed by atoms with Crippen LogP contribution in [0.15, 0.2) is 24.5 Å². The quantitative estimate of drug-likeness (QED) is 0.819. The van der Waals surface area contributed by atoms with Crippen molar-refractivity contribution in [2.75, 3.05) is 0 Å². The summed E-state index contributed by atoms with van der Waals surface area (Å²) in [5.41, 5.74) is 7.35. The molecule has 1 atom stereocenters. The van der Waals surface area contributed by atoms with Gasteiger partial charge in [0.25, 0.3) is 0 Å². The summed E-state index contributed by atoms with van der Waals surface area (Å²) >= 11 is 0. The zero-order valence-electron chi connectivity index (χ0n) is 8.23. The summed E-state index contributed by atoms with van der Waals surface area (Å²) in [6, 6.07) is 4.25. The molecule has 2 nitrogen and oxygen atoms in total. The zero-order chi connectivity index (χ0) is 9.10. The number of hydrogen-bond donors (Lipinski definition) is 1. The van der Waals surface area contributed by atoms with Gasteiger partial charge in [-0.3, -0.25) is 4.98 Å². The standard InChI is InChI=1S/C11H16N2.ClH/c12-11(9-4-1-2-5-9)10-6-3-7-13-8-10;/h3,6-9,11H,1-2,4-5,12H2;1H. The Balaban J connectivity index is 0.000000980. The lowest BCUT2D eigenvalue weighted by atomic mass is 9.94. The second kappa shape index (κ2) is 5.32. The van der Waals surface area contributed by atoms with Gasteiger partial charge in [0.05, 0.1) is 0 Å². The van der Waals surface area contributed by atoms with Crippen molar-refractivity contribution in [2.24, 2.45) is 11.7 Å². The second-order valence-electron chi connectivity index (χ2n) is 3.86. The molecule has 0 saturated heterocycles. The van der Waals surface area contributed by atoms with Gasteiger partial charge in [0.1, 0.15) is 0 Å². The van der Waals surface area contributed by atoms with Crippen LogP contribution in [0.25, 0.3) is 0 Å². The van der Waals surface area contributed by atoms with E-state index in [-0.39, 0.29) is 18.4 Å². The Hall–Kier alpha value is -0.600. The summed E-state index contributed by atoms with van der Waals surface area (Å²) in [6.07, 6.45) is 8.96. The number of aromatic nitrogens is 1. The highest BCUT2D eigenvalue weighted by Crippen LogP contribution is 2.33. The molecule has 1 saturated carbocycles. The zero-order valence-corrected chi connectivity index (χ0v) is 9.04. The molecule has 0 spiro atoms. The molecule has 14 heavy (non-hydrogen) atoms. The highest BCUT2D eigenvalue weighted by molar-refractivity contribution is 5.85. The van der Waals surface area contributed by atoms with Crippen LogP contribution in [0.2, 0.25) is 0 Å². The fraction of sp³-hybridized carbons (Fsp3) is 0.545. The third-order valence-electron chi connectivity index (χ3n) is 2.98. The Labute approximate surface area is 91.3 Å². The molecule has 1 fully saturated rings. The van der Waals surface area contributed by atoms with Crippen LogP contribution < -0.4 is 5.73 Å². The van der Waals surface area contributed by atoms with Crippen molar-refractivity contribution >= 4 is 12.4 Å². The number of halogens is 1. The summed E-state index contributed by atoms with van der Waals surface area (Å²) < 4.78 is 0. The molecule has 78 valence electrons. The van der Waals surface area contributed by atoms with E-state index in [1.807, 2.05) is 12.3 Å². The van der Waals surface area contributed by atoms with E-state index in [9.17, 15) is 0 Å². The fourth-order valence-electron chi connectivity index (χ4n) is 2.16. The van der Waals surface area contributed by atoms with Crippen molar-refractivity contribution in [3.05, 3.63) is 30.1 Å². The maximum absolute atomic E-state index is 6.16. The molecule has 1 aromatic rings. The average Bonchev–Trinajstić information content (AvgIpc) is 2.71. The molecule has 0 amide bonds. The summed E-state index contributed by atoms with van der Waals surface area (Å²) in [5.74, 6) is 0.684. The third-order valence-corrected chi connectivity index (χ3v) is 2.98. The van der Waals surface area contributed by atoms with Crippen molar-refractivity contribution in [2.45, 2.75) is 31.7 Å². The van der Waals surface area contributed by atoms with E-state index in [1.54, 1.807) is 6.20 Å². The SMILES string of the molecule is Cl.NC(c1cccnc1)C1CCCC1. The fourth-order valence-corrected chi connectivity index (χ4v) is 2.16. The molecule has 1 aliphatic rings. The van der Waals surface area contributed by atoms with E-state index in [1.165, 1.54) is 31.2 Å². The van der Waals surface area contributed by atoms with Crippen LogP contribution in [0.1, 0.15) is 37.3 Å². The summed E-state index contributed by atoms with van der Waals surface area (Å²) in [5, 5.41) is 0. The lowest BCUT2D eigenvalue weighted by molar-refractivity contribution is 0.444. The van der Waals surface area contributed by atoms with Crippen molar-refractivity contribution in [3.8, 4) is 0 Å². The van der Waals surface area contributed by atoms with Crippen molar-refractivity contribution < 1.29 is 0 Å². The molecule has 1 aliphatic carbocycles. The maximum atomic E-state index is 6.16. The minimum atomic E-state index is 0.